The van der Waals surface area contributed by atoms with Gasteiger partial charge in [0.2, 0.25) is 0 Å². The first-order valence-corrected chi connectivity index (χ1v) is 9.64. The summed E-state index contributed by atoms with van der Waals surface area (Å²) in [6.07, 6.45) is 5.01. The van der Waals surface area contributed by atoms with E-state index in [1.165, 1.54) is 0 Å². The molecule has 0 radical (unpaired) electrons. The summed E-state index contributed by atoms with van der Waals surface area (Å²) in [7, 11) is 0. The highest BCUT2D eigenvalue weighted by molar-refractivity contribution is 5.91. The van der Waals surface area contributed by atoms with E-state index in [-0.39, 0.29) is 22.6 Å². The lowest BCUT2D eigenvalue weighted by atomic mass is 9.75. The zero-order valence-corrected chi connectivity index (χ0v) is 15.9. The molecule has 1 aliphatic carbocycles. The van der Waals surface area contributed by atoms with Crippen LogP contribution in [0.5, 0.6) is 0 Å². The largest absolute Gasteiger partial charge is 0.477 e. The van der Waals surface area contributed by atoms with Gasteiger partial charge in [-0.15, -0.1) is 0 Å². The number of rotatable bonds is 5. The Labute approximate surface area is 165 Å². The average Bonchev–Trinajstić information content (AvgIpc) is 2.66. The van der Waals surface area contributed by atoms with E-state index in [0.717, 1.165) is 31.7 Å². The minimum Gasteiger partial charge on any atom is -0.477 e. The molecule has 1 aliphatic rings. The molecule has 0 saturated heterocycles. The summed E-state index contributed by atoms with van der Waals surface area (Å²) in [6, 6.07) is 2.14. The molecule has 3 rings (SSSR count). The van der Waals surface area contributed by atoms with Gasteiger partial charge in [0, 0.05) is 5.56 Å². The van der Waals surface area contributed by atoms with E-state index < -0.39 is 40.6 Å². The summed E-state index contributed by atoms with van der Waals surface area (Å²) in [5.41, 5.74) is -1.79. The van der Waals surface area contributed by atoms with Crippen LogP contribution in [0.25, 0.3) is 11.1 Å². The minimum atomic E-state index is -1.83. The third-order valence-electron chi connectivity index (χ3n) is 5.72. The van der Waals surface area contributed by atoms with E-state index in [1.54, 1.807) is 0 Å². The molecule has 0 atom stereocenters. The molecular formula is C22H21F5O2. The lowest BCUT2D eigenvalue weighted by Crippen LogP contribution is -2.16. The van der Waals surface area contributed by atoms with Crippen LogP contribution in [0.4, 0.5) is 22.0 Å². The third kappa shape index (κ3) is 4.14. The van der Waals surface area contributed by atoms with Crippen LogP contribution in [-0.2, 0) is 0 Å². The highest BCUT2D eigenvalue weighted by Crippen LogP contribution is 2.43. The first-order chi connectivity index (χ1) is 13.7. The van der Waals surface area contributed by atoms with Crippen molar-refractivity contribution in [2.75, 3.05) is 0 Å². The van der Waals surface area contributed by atoms with Gasteiger partial charge >= 0.3 is 5.97 Å². The minimum absolute atomic E-state index is 0.158. The van der Waals surface area contributed by atoms with Crippen molar-refractivity contribution in [3.8, 4) is 11.1 Å². The summed E-state index contributed by atoms with van der Waals surface area (Å²) < 4.78 is 70.4. The van der Waals surface area contributed by atoms with Gasteiger partial charge in [-0.25, -0.2) is 26.7 Å². The van der Waals surface area contributed by atoms with Crippen molar-refractivity contribution in [3.63, 3.8) is 0 Å². The highest BCUT2D eigenvalue weighted by Gasteiger charge is 2.30. The number of carbonyl (C=O) groups is 1. The Bertz CT molecular complexity index is 910. The first-order valence-electron chi connectivity index (χ1n) is 9.64. The predicted octanol–water partition coefficient (Wildman–Crippen LogP) is 6.82. The maximum atomic E-state index is 15.1. The number of aromatic carboxylic acids is 1. The van der Waals surface area contributed by atoms with E-state index in [1.807, 2.05) is 0 Å². The van der Waals surface area contributed by atoms with Gasteiger partial charge in [0.15, 0.2) is 17.5 Å². The summed E-state index contributed by atoms with van der Waals surface area (Å²) in [4.78, 5) is 11.3. The number of benzene rings is 2. The lowest BCUT2D eigenvalue weighted by Gasteiger charge is -2.30. The second-order valence-electron chi connectivity index (χ2n) is 7.58. The van der Waals surface area contributed by atoms with E-state index in [0.29, 0.717) is 30.9 Å². The average molecular weight is 412 g/mol. The van der Waals surface area contributed by atoms with Crippen LogP contribution in [0.1, 0.15) is 67.3 Å². The molecule has 0 unspecified atom stereocenters. The molecule has 0 aromatic heterocycles. The Balaban J connectivity index is 2.15. The van der Waals surface area contributed by atoms with Crippen LogP contribution in [0.3, 0.4) is 0 Å². The Morgan fingerprint density at radius 3 is 2.03 bits per heavy atom. The van der Waals surface area contributed by atoms with Gasteiger partial charge in [-0.2, -0.15) is 0 Å². The fourth-order valence-electron chi connectivity index (χ4n) is 4.32. The first kappa shape index (κ1) is 21.3. The molecule has 0 bridgehead atoms. The maximum absolute atomic E-state index is 15.1. The van der Waals surface area contributed by atoms with E-state index >= 15 is 4.39 Å². The summed E-state index contributed by atoms with van der Waals surface area (Å²) >= 11 is 0. The zero-order valence-electron chi connectivity index (χ0n) is 15.9. The van der Waals surface area contributed by atoms with Gasteiger partial charge in [-0.05, 0) is 66.8 Å². The zero-order chi connectivity index (χ0) is 21.3. The topological polar surface area (TPSA) is 37.3 Å². The van der Waals surface area contributed by atoms with Crippen LogP contribution in [0.15, 0.2) is 18.2 Å². The fourth-order valence-corrected chi connectivity index (χ4v) is 4.32. The fraction of sp³-hybridized carbons (Fsp3) is 0.409. The van der Waals surface area contributed by atoms with Gasteiger partial charge in [-0.3, -0.25) is 0 Å². The quantitative estimate of drug-likeness (QED) is 0.432. The molecule has 7 heteroatoms. The third-order valence-corrected chi connectivity index (χ3v) is 5.72. The number of carboxylic acids is 1. The number of carboxylic acid groups (broad SMARTS) is 1. The molecule has 1 fully saturated rings. The Morgan fingerprint density at radius 2 is 1.52 bits per heavy atom. The summed E-state index contributed by atoms with van der Waals surface area (Å²) in [5, 5.41) is 9.18. The SMILES string of the molecule is CCC[C@H]1CC[C@H](c2cc(F)c(C(=O)O)c(F)c2-c2cc(F)c(F)c(F)c2)CC1. The van der Waals surface area contributed by atoms with Crippen LogP contribution >= 0.6 is 0 Å². The number of halogens is 5. The van der Waals surface area contributed by atoms with E-state index in [9.17, 15) is 27.5 Å². The van der Waals surface area contributed by atoms with Gasteiger partial charge in [0.1, 0.15) is 17.2 Å². The highest BCUT2D eigenvalue weighted by atomic mass is 19.2. The molecule has 2 aromatic carbocycles. The number of hydrogen-bond donors (Lipinski definition) is 1. The molecule has 0 aliphatic heterocycles. The summed E-state index contributed by atoms with van der Waals surface area (Å²) in [6.45, 7) is 2.08. The molecular weight excluding hydrogens is 391 g/mol. The van der Waals surface area contributed by atoms with Gasteiger partial charge in [0.25, 0.3) is 0 Å². The van der Waals surface area contributed by atoms with E-state index in [4.69, 9.17) is 0 Å². The smallest absolute Gasteiger partial charge is 0.341 e. The van der Waals surface area contributed by atoms with Crippen molar-refractivity contribution in [1.29, 1.82) is 0 Å². The van der Waals surface area contributed by atoms with Crippen molar-refractivity contribution >= 4 is 5.97 Å². The number of hydrogen-bond acceptors (Lipinski definition) is 1. The van der Waals surface area contributed by atoms with Crippen LogP contribution < -0.4 is 0 Å². The summed E-state index contributed by atoms with van der Waals surface area (Å²) in [5.74, 6) is -9.04. The molecule has 0 heterocycles. The molecule has 0 spiro atoms. The molecule has 2 aromatic rings. The van der Waals surface area contributed by atoms with Crippen molar-refractivity contribution < 1.29 is 31.9 Å². The van der Waals surface area contributed by atoms with Crippen molar-refractivity contribution in [1.82, 2.24) is 0 Å². The second-order valence-corrected chi connectivity index (χ2v) is 7.58. The molecule has 156 valence electrons. The molecule has 1 saturated carbocycles. The van der Waals surface area contributed by atoms with E-state index in [2.05, 4.69) is 6.92 Å². The van der Waals surface area contributed by atoms with Crippen LogP contribution in [0.2, 0.25) is 0 Å². The molecule has 2 nitrogen and oxygen atoms in total. The Kier molecular flexibility index (Phi) is 6.24. The van der Waals surface area contributed by atoms with Gasteiger partial charge in [-0.1, -0.05) is 19.8 Å². The van der Waals surface area contributed by atoms with Crippen LogP contribution in [0, 0.1) is 35.0 Å². The van der Waals surface area contributed by atoms with Crippen molar-refractivity contribution in [2.24, 2.45) is 5.92 Å². The maximum Gasteiger partial charge on any atom is 0.341 e. The Hall–Kier alpha value is -2.44. The molecule has 1 N–H and O–H groups in total. The molecule has 0 amide bonds. The van der Waals surface area contributed by atoms with Gasteiger partial charge < -0.3 is 5.11 Å². The standard InChI is InChI=1S/C22H21F5O2/c1-2-3-11-4-6-12(7-5-11)14-10-15(23)19(22(28)29)21(27)18(14)13-8-16(24)20(26)17(25)9-13/h8-12H,2-7H2,1H3,(H,28,29)/t11-,12-. The normalized spacial score (nSPS) is 19.4. The Morgan fingerprint density at radius 1 is 0.931 bits per heavy atom. The lowest BCUT2D eigenvalue weighted by molar-refractivity contribution is 0.0686. The van der Waals surface area contributed by atoms with Crippen LogP contribution in [-0.4, -0.2) is 11.1 Å². The molecule has 29 heavy (non-hydrogen) atoms. The monoisotopic (exact) mass is 412 g/mol. The second kappa shape index (κ2) is 8.51. The predicted molar refractivity (Wildman–Crippen MR) is 98.2 cm³/mol. The van der Waals surface area contributed by atoms with Crippen molar-refractivity contribution in [2.45, 2.75) is 51.4 Å². The van der Waals surface area contributed by atoms with Gasteiger partial charge in [0.05, 0.1) is 0 Å². The van der Waals surface area contributed by atoms with Crippen molar-refractivity contribution in [3.05, 3.63) is 58.4 Å².